The summed E-state index contributed by atoms with van der Waals surface area (Å²) in [5, 5.41) is 4.18. The molecule has 0 saturated heterocycles. The van der Waals surface area contributed by atoms with Crippen molar-refractivity contribution in [2.24, 2.45) is 0 Å². The second kappa shape index (κ2) is 6.60. The molecule has 1 unspecified atom stereocenters. The molecule has 90 valence electrons. The van der Waals surface area contributed by atoms with Crippen LogP contribution in [0.3, 0.4) is 0 Å². The van der Waals surface area contributed by atoms with Crippen LogP contribution in [-0.4, -0.2) is 31.6 Å². The Morgan fingerprint density at radius 3 is 2.69 bits per heavy atom. The molecule has 0 spiro atoms. The standard InChI is InChI=1S/C12H18BrClN2/c1-9(16(2)3)7-15-8-10-4-5-12(14)11(13)6-10/h4-6,9,15H,7-8H2,1-3H3. The molecule has 0 saturated carbocycles. The highest BCUT2D eigenvalue weighted by Gasteiger charge is 2.04. The number of halogens is 2. The molecule has 0 heterocycles. The maximum Gasteiger partial charge on any atom is 0.0548 e. The largest absolute Gasteiger partial charge is 0.311 e. The van der Waals surface area contributed by atoms with Gasteiger partial charge < -0.3 is 10.2 Å². The molecule has 1 N–H and O–H groups in total. The smallest absolute Gasteiger partial charge is 0.0548 e. The highest BCUT2D eigenvalue weighted by molar-refractivity contribution is 9.10. The summed E-state index contributed by atoms with van der Waals surface area (Å²) in [6.07, 6.45) is 0. The average Bonchev–Trinajstić information content (AvgIpc) is 2.23. The van der Waals surface area contributed by atoms with Crippen molar-refractivity contribution in [3.8, 4) is 0 Å². The van der Waals surface area contributed by atoms with Gasteiger partial charge >= 0.3 is 0 Å². The minimum Gasteiger partial charge on any atom is -0.311 e. The number of hydrogen-bond donors (Lipinski definition) is 1. The molecule has 0 aliphatic rings. The van der Waals surface area contributed by atoms with Crippen LogP contribution in [0, 0.1) is 0 Å². The third kappa shape index (κ3) is 4.42. The fourth-order valence-electron chi connectivity index (χ4n) is 1.26. The molecule has 0 fully saturated rings. The van der Waals surface area contributed by atoms with E-state index in [1.807, 2.05) is 12.1 Å². The molecule has 0 radical (unpaired) electrons. The molecule has 1 aromatic carbocycles. The first-order valence-corrected chi connectivity index (χ1v) is 6.49. The van der Waals surface area contributed by atoms with Crippen molar-refractivity contribution in [3.05, 3.63) is 33.3 Å². The molecule has 1 aromatic rings. The summed E-state index contributed by atoms with van der Waals surface area (Å²) in [7, 11) is 4.18. The maximum absolute atomic E-state index is 5.93. The summed E-state index contributed by atoms with van der Waals surface area (Å²) < 4.78 is 0.953. The SMILES string of the molecule is CC(CNCc1ccc(Cl)c(Br)c1)N(C)C. The summed E-state index contributed by atoms with van der Waals surface area (Å²) in [4.78, 5) is 2.20. The Bertz CT molecular complexity index is 342. The summed E-state index contributed by atoms with van der Waals surface area (Å²) in [6.45, 7) is 4.05. The first kappa shape index (κ1) is 14.0. The van der Waals surface area contributed by atoms with E-state index in [0.717, 1.165) is 22.6 Å². The van der Waals surface area contributed by atoms with E-state index in [0.29, 0.717) is 6.04 Å². The Kier molecular flexibility index (Phi) is 5.76. The Hall–Kier alpha value is -0.0900. The van der Waals surface area contributed by atoms with Gasteiger partial charge in [-0.15, -0.1) is 0 Å². The summed E-state index contributed by atoms with van der Waals surface area (Å²) in [6, 6.07) is 6.55. The van der Waals surface area contributed by atoms with E-state index in [4.69, 9.17) is 11.6 Å². The predicted octanol–water partition coefficient (Wildman–Crippen LogP) is 3.14. The number of rotatable bonds is 5. The minimum absolute atomic E-state index is 0.538. The topological polar surface area (TPSA) is 15.3 Å². The predicted molar refractivity (Wildman–Crippen MR) is 74.0 cm³/mol. The van der Waals surface area contributed by atoms with Gasteiger partial charge in [0.2, 0.25) is 0 Å². The van der Waals surface area contributed by atoms with Gasteiger partial charge in [0.25, 0.3) is 0 Å². The Morgan fingerprint density at radius 1 is 1.44 bits per heavy atom. The van der Waals surface area contributed by atoms with E-state index in [1.165, 1.54) is 5.56 Å². The fraction of sp³-hybridized carbons (Fsp3) is 0.500. The lowest BCUT2D eigenvalue weighted by atomic mass is 10.2. The monoisotopic (exact) mass is 304 g/mol. The van der Waals surface area contributed by atoms with Crippen molar-refractivity contribution in [2.75, 3.05) is 20.6 Å². The van der Waals surface area contributed by atoms with Gasteiger partial charge in [-0.05, 0) is 54.6 Å². The zero-order chi connectivity index (χ0) is 12.1. The van der Waals surface area contributed by atoms with Crippen LogP contribution >= 0.6 is 27.5 Å². The minimum atomic E-state index is 0.538. The van der Waals surface area contributed by atoms with Gasteiger partial charge in [0.1, 0.15) is 0 Å². The average molecular weight is 306 g/mol. The second-order valence-corrected chi connectivity index (χ2v) is 5.45. The Balaban J connectivity index is 2.40. The Labute approximate surface area is 111 Å². The third-order valence-corrected chi connectivity index (χ3v) is 3.85. The number of nitrogens with one attached hydrogen (secondary N) is 1. The van der Waals surface area contributed by atoms with Crippen molar-refractivity contribution in [1.82, 2.24) is 10.2 Å². The van der Waals surface area contributed by atoms with E-state index in [1.54, 1.807) is 0 Å². The van der Waals surface area contributed by atoms with Gasteiger partial charge in [-0.2, -0.15) is 0 Å². The van der Waals surface area contributed by atoms with Crippen LogP contribution in [0.25, 0.3) is 0 Å². The molecule has 0 amide bonds. The second-order valence-electron chi connectivity index (χ2n) is 4.19. The van der Waals surface area contributed by atoms with Gasteiger partial charge in [-0.1, -0.05) is 17.7 Å². The molecule has 2 nitrogen and oxygen atoms in total. The van der Waals surface area contributed by atoms with Gasteiger partial charge in [0.05, 0.1) is 5.02 Å². The lowest BCUT2D eigenvalue weighted by molar-refractivity contribution is 0.302. The molecular formula is C12H18BrClN2. The van der Waals surface area contributed by atoms with E-state index in [9.17, 15) is 0 Å². The molecule has 0 aliphatic carbocycles. The summed E-state index contributed by atoms with van der Waals surface area (Å²) in [5.41, 5.74) is 1.24. The zero-order valence-electron chi connectivity index (χ0n) is 9.93. The summed E-state index contributed by atoms with van der Waals surface area (Å²) >= 11 is 9.35. The number of benzene rings is 1. The Morgan fingerprint density at radius 2 is 2.12 bits per heavy atom. The quantitative estimate of drug-likeness (QED) is 0.899. The van der Waals surface area contributed by atoms with Gasteiger partial charge in [0.15, 0.2) is 0 Å². The number of likely N-dealkylation sites (N-methyl/N-ethyl adjacent to an activating group) is 1. The molecular weight excluding hydrogens is 288 g/mol. The van der Waals surface area contributed by atoms with Crippen LogP contribution < -0.4 is 5.32 Å². The van der Waals surface area contributed by atoms with Gasteiger partial charge in [-0.25, -0.2) is 0 Å². The van der Waals surface area contributed by atoms with Crippen LogP contribution in [-0.2, 0) is 6.54 Å². The molecule has 16 heavy (non-hydrogen) atoms. The van der Waals surface area contributed by atoms with Gasteiger partial charge in [-0.3, -0.25) is 0 Å². The molecule has 4 heteroatoms. The number of nitrogens with zero attached hydrogens (tertiary/aromatic N) is 1. The summed E-state index contributed by atoms with van der Waals surface area (Å²) in [5.74, 6) is 0. The first-order valence-electron chi connectivity index (χ1n) is 5.31. The van der Waals surface area contributed by atoms with Crippen LogP contribution in [0.2, 0.25) is 5.02 Å². The highest BCUT2D eigenvalue weighted by atomic mass is 79.9. The normalized spacial score (nSPS) is 13.1. The van der Waals surface area contributed by atoms with Crippen LogP contribution in [0.1, 0.15) is 12.5 Å². The molecule has 0 aromatic heterocycles. The lowest BCUT2D eigenvalue weighted by Crippen LogP contribution is -2.35. The molecule has 0 aliphatic heterocycles. The first-order chi connectivity index (χ1) is 7.50. The van der Waals surface area contributed by atoms with Crippen molar-refractivity contribution >= 4 is 27.5 Å². The highest BCUT2D eigenvalue weighted by Crippen LogP contribution is 2.23. The lowest BCUT2D eigenvalue weighted by Gasteiger charge is -2.20. The molecule has 1 rings (SSSR count). The third-order valence-electron chi connectivity index (χ3n) is 2.63. The molecule has 1 atom stereocenters. The maximum atomic E-state index is 5.93. The zero-order valence-corrected chi connectivity index (χ0v) is 12.3. The molecule has 0 bridgehead atoms. The van der Waals surface area contributed by atoms with Crippen molar-refractivity contribution < 1.29 is 0 Å². The van der Waals surface area contributed by atoms with E-state index >= 15 is 0 Å². The van der Waals surface area contributed by atoms with E-state index < -0.39 is 0 Å². The van der Waals surface area contributed by atoms with Crippen molar-refractivity contribution in [1.29, 1.82) is 0 Å². The van der Waals surface area contributed by atoms with E-state index in [-0.39, 0.29) is 0 Å². The van der Waals surface area contributed by atoms with E-state index in [2.05, 4.69) is 53.2 Å². The van der Waals surface area contributed by atoms with Crippen LogP contribution in [0.15, 0.2) is 22.7 Å². The van der Waals surface area contributed by atoms with Crippen LogP contribution in [0.5, 0.6) is 0 Å². The van der Waals surface area contributed by atoms with Gasteiger partial charge in [0, 0.05) is 23.6 Å². The van der Waals surface area contributed by atoms with Crippen molar-refractivity contribution in [2.45, 2.75) is 19.5 Å². The van der Waals surface area contributed by atoms with Crippen LogP contribution in [0.4, 0.5) is 0 Å². The number of hydrogen-bond acceptors (Lipinski definition) is 2. The van der Waals surface area contributed by atoms with Crippen molar-refractivity contribution in [3.63, 3.8) is 0 Å². The fourth-order valence-corrected chi connectivity index (χ4v) is 1.80.